The second kappa shape index (κ2) is 5.81. The van der Waals surface area contributed by atoms with Gasteiger partial charge in [-0.3, -0.25) is 14.4 Å². The number of rotatable bonds is 2. The van der Waals surface area contributed by atoms with E-state index < -0.39 is 36.4 Å². The van der Waals surface area contributed by atoms with Crippen LogP contribution in [0.25, 0.3) is 0 Å². The molecule has 2 aliphatic heterocycles. The molecule has 2 heterocycles. The van der Waals surface area contributed by atoms with Crippen molar-refractivity contribution in [3.63, 3.8) is 0 Å². The average Bonchev–Trinajstić information content (AvgIpc) is 2.84. The van der Waals surface area contributed by atoms with Crippen molar-refractivity contribution in [1.29, 1.82) is 0 Å². The molecule has 1 unspecified atom stereocenters. The molecule has 1 saturated heterocycles. The Morgan fingerprint density at radius 3 is 2.67 bits per heavy atom. The van der Waals surface area contributed by atoms with E-state index >= 15 is 0 Å². The molecule has 3 rings (SSSR count). The first kappa shape index (κ1) is 16.3. The molecule has 1 atom stereocenters. The molecule has 0 aliphatic carbocycles. The van der Waals surface area contributed by atoms with E-state index in [0.717, 1.165) is 0 Å². The number of fused-ring (bicyclic) bond motifs is 1. The lowest BCUT2D eigenvalue weighted by Gasteiger charge is -2.30. The van der Waals surface area contributed by atoms with Crippen molar-refractivity contribution in [3.05, 3.63) is 24.3 Å². The molecule has 6 nitrogen and oxygen atoms in total. The zero-order valence-corrected chi connectivity index (χ0v) is 12.5. The number of hydrogen-bond acceptors (Lipinski definition) is 3. The summed E-state index contributed by atoms with van der Waals surface area (Å²) in [5.41, 5.74) is 0.933. The molecule has 0 aromatic heterocycles. The molecule has 3 amide bonds. The summed E-state index contributed by atoms with van der Waals surface area (Å²) < 4.78 is 37.4. The van der Waals surface area contributed by atoms with E-state index in [9.17, 15) is 27.6 Å². The second-order valence-corrected chi connectivity index (χ2v) is 5.78. The van der Waals surface area contributed by atoms with Crippen molar-refractivity contribution >= 4 is 29.1 Å². The van der Waals surface area contributed by atoms with Crippen molar-refractivity contribution in [2.75, 3.05) is 29.9 Å². The van der Waals surface area contributed by atoms with Gasteiger partial charge >= 0.3 is 6.18 Å². The van der Waals surface area contributed by atoms with Crippen LogP contribution >= 0.6 is 0 Å². The minimum Gasteiger partial charge on any atom is -0.333 e. The third kappa shape index (κ3) is 3.19. The van der Waals surface area contributed by atoms with E-state index in [0.29, 0.717) is 16.3 Å². The summed E-state index contributed by atoms with van der Waals surface area (Å²) in [5.74, 6) is -2.51. The lowest BCUT2D eigenvalue weighted by atomic mass is 10.1. The Kier molecular flexibility index (Phi) is 3.94. The minimum absolute atomic E-state index is 0.222. The fourth-order valence-electron chi connectivity index (χ4n) is 2.96. The molecular weight excluding hydrogens is 327 g/mol. The predicted octanol–water partition coefficient (Wildman–Crippen LogP) is 1.38. The van der Waals surface area contributed by atoms with E-state index in [1.54, 1.807) is 24.3 Å². The van der Waals surface area contributed by atoms with Crippen LogP contribution in [0, 0.1) is 5.92 Å². The van der Waals surface area contributed by atoms with Crippen LogP contribution in [0.2, 0.25) is 0 Å². The molecule has 2 aliphatic rings. The number of carbonyl (C=O) groups excluding carboxylic acids is 3. The fraction of sp³-hybridized carbons (Fsp3) is 0.400. The number of amides is 3. The number of nitrogens with zero attached hydrogens (tertiary/aromatic N) is 2. The van der Waals surface area contributed by atoms with Crippen LogP contribution in [-0.4, -0.2) is 48.4 Å². The lowest BCUT2D eigenvalue weighted by molar-refractivity contribution is -0.157. The molecule has 9 heteroatoms. The summed E-state index contributed by atoms with van der Waals surface area (Å²) in [5, 5.41) is 2.62. The molecule has 0 bridgehead atoms. The smallest absolute Gasteiger partial charge is 0.333 e. The number of halogens is 3. The van der Waals surface area contributed by atoms with Crippen LogP contribution in [0.5, 0.6) is 0 Å². The third-order valence-electron chi connectivity index (χ3n) is 3.97. The Labute approximate surface area is 135 Å². The summed E-state index contributed by atoms with van der Waals surface area (Å²) >= 11 is 0. The topological polar surface area (TPSA) is 69.7 Å². The predicted molar refractivity (Wildman–Crippen MR) is 78.2 cm³/mol. The van der Waals surface area contributed by atoms with Gasteiger partial charge in [0.15, 0.2) is 0 Å². The number of hydrogen-bond donors (Lipinski definition) is 1. The lowest BCUT2D eigenvalue weighted by Crippen LogP contribution is -2.45. The van der Waals surface area contributed by atoms with E-state index in [1.807, 2.05) is 0 Å². The number of anilines is 2. The molecule has 128 valence electrons. The number of likely N-dealkylation sites (tertiary alicyclic amines) is 1. The van der Waals surface area contributed by atoms with Gasteiger partial charge in [0.1, 0.15) is 13.1 Å². The van der Waals surface area contributed by atoms with Crippen LogP contribution in [0.1, 0.15) is 6.42 Å². The van der Waals surface area contributed by atoms with Crippen molar-refractivity contribution < 1.29 is 27.6 Å². The largest absolute Gasteiger partial charge is 0.406 e. The Balaban J connectivity index is 1.78. The summed E-state index contributed by atoms with van der Waals surface area (Å²) in [6.07, 6.45) is -4.79. The highest BCUT2D eigenvalue weighted by molar-refractivity contribution is 6.11. The number of para-hydroxylation sites is 2. The fourth-order valence-corrected chi connectivity index (χ4v) is 2.96. The van der Waals surface area contributed by atoms with Gasteiger partial charge in [0.25, 0.3) is 0 Å². The van der Waals surface area contributed by atoms with Crippen molar-refractivity contribution in [1.82, 2.24) is 4.90 Å². The number of alkyl halides is 3. The van der Waals surface area contributed by atoms with Gasteiger partial charge in [-0.05, 0) is 12.1 Å². The zero-order chi connectivity index (χ0) is 17.5. The molecule has 1 N–H and O–H groups in total. The molecule has 0 spiro atoms. The van der Waals surface area contributed by atoms with Crippen molar-refractivity contribution in [2.45, 2.75) is 12.6 Å². The van der Waals surface area contributed by atoms with Gasteiger partial charge in [0.2, 0.25) is 17.7 Å². The van der Waals surface area contributed by atoms with E-state index in [-0.39, 0.29) is 19.5 Å². The number of benzene rings is 1. The highest BCUT2D eigenvalue weighted by Crippen LogP contribution is 2.32. The summed E-state index contributed by atoms with van der Waals surface area (Å²) in [6.45, 7) is -1.88. The molecular formula is C15H14F3N3O3. The van der Waals surface area contributed by atoms with Gasteiger partial charge in [-0.25, -0.2) is 0 Å². The third-order valence-corrected chi connectivity index (χ3v) is 3.97. The maximum atomic E-state index is 12.7. The highest BCUT2D eigenvalue weighted by atomic mass is 19.4. The Morgan fingerprint density at radius 1 is 1.25 bits per heavy atom. The molecule has 1 aromatic carbocycles. The average molecular weight is 341 g/mol. The van der Waals surface area contributed by atoms with E-state index in [4.69, 9.17) is 0 Å². The van der Waals surface area contributed by atoms with Crippen molar-refractivity contribution in [3.8, 4) is 0 Å². The van der Waals surface area contributed by atoms with Crippen LogP contribution in [0.15, 0.2) is 24.3 Å². The minimum atomic E-state index is -4.51. The monoisotopic (exact) mass is 341 g/mol. The maximum Gasteiger partial charge on any atom is 0.406 e. The Hall–Kier alpha value is -2.58. The first-order valence-corrected chi connectivity index (χ1v) is 7.29. The summed E-state index contributed by atoms with van der Waals surface area (Å²) in [6, 6.07) is 6.64. The molecule has 0 radical (unpaired) electrons. The van der Waals surface area contributed by atoms with Crippen LogP contribution < -0.4 is 10.2 Å². The second-order valence-electron chi connectivity index (χ2n) is 5.78. The highest BCUT2D eigenvalue weighted by Gasteiger charge is 2.42. The van der Waals surface area contributed by atoms with E-state index in [1.165, 1.54) is 4.90 Å². The summed E-state index contributed by atoms with van der Waals surface area (Å²) in [4.78, 5) is 38.0. The van der Waals surface area contributed by atoms with Crippen LogP contribution in [0.3, 0.4) is 0 Å². The SMILES string of the molecule is O=C1CN(C(=O)C2CC(=O)N(CC(F)(F)F)C2)c2ccccc2N1. The molecule has 1 aromatic rings. The van der Waals surface area contributed by atoms with Gasteiger partial charge in [0.05, 0.1) is 17.3 Å². The van der Waals surface area contributed by atoms with Gasteiger partial charge in [-0.15, -0.1) is 0 Å². The Morgan fingerprint density at radius 2 is 1.96 bits per heavy atom. The molecule has 1 fully saturated rings. The molecule has 24 heavy (non-hydrogen) atoms. The normalized spacial score (nSPS) is 20.9. The van der Waals surface area contributed by atoms with Gasteiger partial charge in [0, 0.05) is 13.0 Å². The van der Waals surface area contributed by atoms with Crippen LogP contribution in [-0.2, 0) is 14.4 Å². The van der Waals surface area contributed by atoms with Gasteiger partial charge in [-0.2, -0.15) is 13.2 Å². The first-order valence-electron chi connectivity index (χ1n) is 7.29. The quantitative estimate of drug-likeness (QED) is 0.884. The van der Waals surface area contributed by atoms with Crippen molar-refractivity contribution in [2.24, 2.45) is 5.92 Å². The first-order chi connectivity index (χ1) is 11.2. The zero-order valence-electron chi connectivity index (χ0n) is 12.5. The standard InChI is InChI=1S/C15H14F3N3O3/c16-15(17,18)8-20-6-9(5-13(20)23)14(24)21-7-12(22)19-10-3-1-2-4-11(10)21/h1-4,9H,5-8H2,(H,19,22). The van der Waals surface area contributed by atoms with E-state index in [2.05, 4.69) is 5.32 Å². The van der Waals surface area contributed by atoms with Gasteiger partial charge < -0.3 is 15.1 Å². The Bertz CT molecular complexity index is 705. The number of carbonyl (C=O) groups is 3. The maximum absolute atomic E-state index is 12.7. The number of nitrogens with one attached hydrogen (secondary N) is 1. The molecule has 0 saturated carbocycles. The summed E-state index contributed by atoms with van der Waals surface area (Å²) in [7, 11) is 0. The van der Waals surface area contributed by atoms with Gasteiger partial charge in [-0.1, -0.05) is 12.1 Å². The van der Waals surface area contributed by atoms with Crippen LogP contribution in [0.4, 0.5) is 24.5 Å².